The maximum atomic E-state index is 12.1. The molecule has 0 amide bonds. The van der Waals surface area contributed by atoms with Crippen molar-refractivity contribution in [3.63, 3.8) is 0 Å². The van der Waals surface area contributed by atoms with Crippen molar-refractivity contribution < 1.29 is 19.8 Å². The Balaban J connectivity index is 2.02. The molecule has 3 N–H and O–H groups in total. The Kier molecular flexibility index (Phi) is 15.6. The number of nitrogens with one attached hydrogen (secondary N) is 1. The molecule has 5 heteroatoms. The smallest absolute Gasteiger partial charge is 0.321 e. The van der Waals surface area contributed by atoms with Gasteiger partial charge in [0, 0.05) is 6.42 Å². The zero-order valence-electron chi connectivity index (χ0n) is 19.4. The van der Waals surface area contributed by atoms with Gasteiger partial charge in [-0.2, -0.15) is 0 Å². The lowest BCUT2D eigenvalue weighted by atomic mass is 10.0. The molecular formula is C26H43NO4. The summed E-state index contributed by atoms with van der Waals surface area (Å²) in [6.07, 6.45) is 17.4. The molecule has 0 bridgehead atoms. The van der Waals surface area contributed by atoms with E-state index in [0.29, 0.717) is 6.42 Å². The van der Waals surface area contributed by atoms with Crippen LogP contribution in [0.5, 0.6) is 5.75 Å². The van der Waals surface area contributed by atoms with E-state index in [-0.39, 0.29) is 24.5 Å². The lowest BCUT2D eigenvalue weighted by molar-refractivity contribution is -0.139. The fraction of sp³-hybridized carbons (Fsp3) is 0.692. The van der Waals surface area contributed by atoms with Crippen molar-refractivity contribution in [1.29, 1.82) is 0 Å². The highest BCUT2D eigenvalue weighted by Crippen LogP contribution is 2.13. The van der Waals surface area contributed by atoms with Crippen LogP contribution in [0, 0.1) is 0 Å². The molecule has 1 unspecified atom stereocenters. The Labute approximate surface area is 188 Å². The Morgan fingerprint density at radius 3 is 1.77 bits per heavy atom. The van der Waals surface area contributed by atoms with Crippen LogP contribution in [0.15, 0.2) is 24.3 Å². The summed E-state index contributed by atoms with van der Waals surface area (Å²) in [6, 6.07) is 5.66. The van der Waals surface area contributed by atoms with Crippen molar-refractivity contribution in [1.82, 2.24) is 5.32 Å². The number of ketones is 1. The van der Waals surface area contributed by atoms with E-state index in [1.54, 1.807) is 12.1 Å². The number of carbonyl (C=O) groups excluding carboxylic acids is 1. The maximum Gasteiger partial charge on any atom is 0.321 e. The Hall–Kier alpha value is -1.88. The molecule has 0 aliphatic rings. The molecule has 0 fully saturated rings. The van der Waals surface area contributed by atoms with Crippen LogP contribution in [0.4, 0.5) is 0 Å². The number of aliphatic carboxylic acids is 1. The Morgan fingerprint density at radius 2 is 1.29 bits per heavy atom. The summed E-state index contributed by atoms with van der Waals surface area (Å²) in [6.45, 7) is 2.34. The number of rotatable bonds is 20. The highest BCUT2D eigenvalue weighted by molar-refractivity contribution is 5.81. The summed E-state index contributed by atoms with van der Waals surface area (Å²) in [5.74, 6) is -0.751. The Bertz CT molecular complexity index is 600. The molecule has 0 aliphatic heterocycles. The number of aromatic hydroxyl groups is 1. The SMILES string of the molecule is CCCCCCCCCCCCCCCC(=O)CNC(Cc1ccc(O)cc1)C(=O)O. The summed E-state index contributed by atoms with van der Waals surface area (Å²) in [5, 5.41) is 21.6. The molecule has 31 heavy (non-hydrogen) atoms. The average Bonchev–Trinajstić information content (AvgIpc) is 2.75. The summed E-state index contributed by atoms with van der Waals surface area (Å²) >= 11 is 0. The van der Waals surface area contributed by atoms with E-state index in [1.807, 2.05) is 0 Å². The van der Waals surface area contributed by atoms with Crippen LogP contribution in [-0.4, -0.2) is 34.6 Å². The molecular weight excluding hydrogens is 390 g/mol. The highest BCUT2D eigenvalue weighted by atomic mass is 16.4. The first-order chi connectivity index (χ1) is 15.0. The molecule has 0 spiro atoms. The molecule has 1 atom stereocenters. The molecule has 0 saturated heterocycles. The number of hydrogen-bond donors (Lipinski definition) is 3. The first-order valence-electron chi connectivity index (χ1n) is 12.3. The van der Waals surface area contributed by atoms with E-state index in [1.165, 1.54) is 82.8 Å². The quantitative estimate of drug-likeness (QED) is 0.219. The third-order valence-electron chi connectivity index (χ3n) is 5.78. The van der Waals surface area contributed by atoms with Crippen molar-refractivity contribution in [2.45, 2.75) is 109 Å². The van der Waals surface area contributed by atoms with Crippen LogP contribution in [0.1, 0.15) is 102 Å². The van der Waals surface area contributed by atoms with Crippen LogP contribution in [0.25, 0.3) is 0 Å². The van der Waals surface area contributed by atoms with Gasteiger partial charge >= 0.3 is 5.97 Å². The second-order valence-electron chi connectivity index (χ2n) is 8.67. The molecule has 5 nitrogen and oxygen atoms in total. The van der Waals surface area contributed by atoms with Gasteiger partial charge in [-0.3, -0.25) is 14.9 Å². The van der Waals surface area contributed by atoms with Gasteiger partial charge in [-0.05, 0) is 30.5 Å². The third-order valence-corrected chi connectivity index (χ3v) is 5.78. The van der Waals surface area contributed by atoms with E-state index in [4.69, 9.17) is 0 Å². The van der Waals surface area contributed by atoms with Crippen molar-refractivity contribution in [2.24, 2.45) is 0 Å². The lowest BCUT2D eigenvalue weighted by Gasteiger charge is -2.14. The predicted molar refractivity (Wildman–Crippen MR) is 127 cm³/mol. The third kappa shape index (κ3) is 14.7. The molecule has 1 aromatic carbocycles. The molecule has 0 aliphatic carbocycles. The number of hydrogen-bond acceptors (Lipinski definition) is 4. The van der Waals surface area contributed by atoms with Gasteiger partial charge in [0.1, 0.15) is 17.6 Å². The van der Waals surface area contributed by atoms with Gasteiger partial charge in [0.25, 0.3) is 0 Å². The summed E-state index contributed by atoms with van der Waals surface area (Å²) < 4.78 is 0. The van der Waals surface area contributed by atoms with E-state index < -0.39 is 12.0 Å². The van der Waals surface area contributed by atoms with Gasteiger partial charge in [-0.25, -0.2) is 0 Å². The van der Waals surface area contributed by atoms with E-state index in [9.17, 15) is 19.8 Å². The standard InChI is InChI=1S/C26H43NO4/c1-2-3-4-5-6-7-8-9-10-11-12-13-14-15-24(29)21-27-25(26(30)31)20-22-16-18-23(28)19-17-22/h16-19,25,27-28H,2-15,20-21H2,1H3,(H,30,31). The minimum absolute atomic E-state index is 0.0695. The number of carboxylic acids is 1. The molecule has 0 radical (unpaired) electrons. The first-order valence-corrected chi connectivity index (χ1v) is 12.3. The minimum atomic E-state index is -0.971. The summed E-state index contributed by atoms with van der Waals surface area (Å²) in [4.78, 5) is 23.5. The van der Waals surface area contributed by atoms with Crippen molar-refractivity contribution in [3.05, 3.63) is 29.8 Å². The van der Waals surface area contributed by atoms with Crippen LogP contribution >= 0.6 is 0 Å². The summed E-state index contributed by atoms with van der Waals surface area (Å²) in [5.41, 5.74) is 0.807. The second kappa shape index (κ2) is 17.8. The van der Waals surface area contributed by atoms with Crippen molar-refractivity contribution in [3.8, 4) is 5.75 Å². The van der Waals surface area contributed by atoms with E-state index in [0.717, 1.165) is 18.4 Å². The van der Waals surface area contributed by atoms with Gasteiger partial charge in [0.2, 0.25) is 0 Å². The maximum absolute atomic E-state index is 12.1. The molecule has 0 saturated carbocycles. The number of phenols is 1. The van der Waals surface area contributed by atoms with E-state index >= 15 is 0 Å². The molecule has 1 aromatic rings. The van der Waals surface area contributed by atoms with Crippen molar-refractivity contribution >= 4 is 11.8 Å². The largest absolute Gasteiger partial charge is 0.508 e. The average molecular weight is 434 g/mol. The molecule has 176 valence electrons. The van der Waals surface area contributed by atoms with Crippen LogP contribution < -0.4 is 5.32 Å². The fourth-order valence-corrected chi connectivity index (χ4v) is 3.78. The topological polar surface area (TPSA) is 86.6 Å². The first kappa shape index (κ1) is 27.2. The van der Waals surface area contributed by atoms with Crippen molar-refractivity contribution in [2.75, 3.05) is 6.54 Å². The van der Waals surface area contributed by atoms with E-state index in [2.05, 4.69) is 12.2 Å². The van der Waals surface area contributed by atoms with Crippen LogP contribution in [-0.2, 0) is 16.0 Å². The predicted octanol–water partition coefficient (Wildman–Crippen LogP) is 6.03. The molecule has 1 rings (SSSR count). The van der Waals surface area contributed by atoms with Gasteiger partial charge in [0.15, 0.2) is 0 Å². The fourth-order valence-electron chi connectivity index (χ4n) is 3.78. The normalized spacial score (nSPS) is 12.0. The van der Waals surface area contributed by atoms with Gasteiger partial charge in [0.05, 0.1) is 6.54 Å². The number of carbonyl (C=O) groups is 2. The number of benzene rings is 1. The Morgan fingerprint density at radius 1 is 0.806 bits per heavy atom. The number of Topliss-reactive ketones (excluding diaryl/α,β-unsaturated/α-hetero) is 1. The number of phenolic OH excluding ortho intramolecular Hbond substituents is 1. The zero-order valence-corrected chi connectivity index (χ0v) is 19.4. The van der Waals surface area contributed by atoms with Gasteiger partial charge in [-0.15, -0.1) is 0 Å². The molecule has 0 heterocycles. The zero-order chi connectivity index (χ0) is 22.7. The number of unbranched alkanes of at least 4 members (excludes halogenated alkanes) is 12. The molecule has 0 aromatic heterocycles. The van der Waals surface area contributed by atoms with Crippen LogP contribution in [0.2, 0.25) is 0 Å². The minimum Gasteiger partial charge on any atom is -0.508 e. The summed E-state index contributed by atoms with van der Waals surface area (Å²) in [7, 11) is 0. The van der Waals surface area contributed by atoms with Crippen LogP contribution in [0.3, 0.4) is 0 Å². The highest BCUT2D eigenvalue weighted by Gasteiger charge is 2.18. The van der Waals surface area contributed by atoms with Gasteiger partial charge in [-0.1, -0.05) is 96.1 Å². The second-order valence-corrected chi connectivity index (χ2v) is 8.67. The van der Waals surface area contributed by atoms with Gasteiger partial charge < -0.3 is 10.2 Å². The lowest BCUT2D eigenvalue weighted by Crippen LogP contribution is -2.41. The number of carboxylic acid groups (broad SMARTS) is 1. The monoisotopic (exact) mass is 433 g/mol.